The van der Waals surface area contributed by atoms with Crippen molar-refractivity contribution in [3.8, 4) is 0 Å². The van der Waals surface area contributed by atoms with Crippen LogP contribution in [0.15, 0.2) is 0 Å². The molecule has 5 nitrogen and oxygen atoms in total. The molecule has 128 valence electrons. The SMILES string of the molecule is CC(CN1C(=O)C2CCCCC2C1=O)OC(=O)C1CCCCC1. The summed E-state index contributed by atoms with van der Waals surface area (Å²) in [7, 11) is 0. The molecular formula is C18H27NO4. The van der Waals surface area contributed by atoms with Crippen LogP contribution in [0.1, 0.15) is 64.7 Å². The number of rotatable bonds is 4. The summed E-state index contributed by atoms with van der Waals surface area (Å²) in [6.45, 7) is 1.99. The van der Waals surface area contributed by atoms with E-state index in [-0.39, 0.29) is 42.1 Å². The zero-order valence-electron chi connectivity index (χ0n) is 14.0. The number of ether oxygens (including phenoxy) is 1. The van der Waals surface area contributed by atoms with Crippen LogP contribution < -0.4 is 0 Å². The highest BCUT2D eigenvalue weighted by Gasteiger charge is 2.48. The molecule has 23 heavy (non-hydrogen) atoms. The normalized spacial score (nSPS) is 30.2. The lowest BCUT2D eigenvalue weighted by atomic mass is 9.81. The van der Waals surface area contributed by atoms with Crippen molar-refractivity contribution in [3.63, 3.8) is 0 Å². The molecule has 0 aromatic carbocycles. The molecule has 1 aliphatic heterocycles. The molecule has 3 fully saturated rings. The van der Waals surface area contributed by atoms with E-state index < -0.39 is 6.10 Å². The average molecular weight is 321 g/mol. The van der Waals surface area contributed by atoms with Gasteiger partial charge in [-0.3, -0.25) is 19.3 Å². The van der Waals surface area contributed by atoms with Gasteiger partial charge in [-0.2, -0.15) is 0 Å². The molecule has 5 heteroatoms. The summed E-state index contributed by atoms with van der Waals surface area (Å²) in [6, 6.07) is 0. The molecule has 0 N–H and O–H groups in total. The maximum Gasteiger partial charge on any atom is 0.309 e. The van der Waals surface area contributed by atoms with E-state index in [1.54, 1.807) is 6.92 Å². The second-order valence-electron chi connectivity index (χ2n) is 7.37. The van der Waals surface area contributed by atoms with Gasteiger partial charge in [-0.1, -0.05) is 32.1 Å². The molecule has 0 radical (unpaired) electrons. The fourth-order valence-electron chi connectivity index (χ4n) is 4.34. The van der Waals surface area contributed by atoms with E-state index in [0.717, 1.165) is 51.4 Å². The third-order valence-corrected chi connectivity index (χ3v) is 5.63. The van der Waals surface area contributed by atoms with Crippen molar-refractivity contribution in [1.82, 2.24) is 4.90 Å². The van der Waals surface area contributed by atoms with Crippen molar-refractivity contribution in [2.45, 2.75) is 70.8 Å². The lowest BCUT2D eigenvalue weighted by molar-refractivity contribution is -0.158. The van der Waals surface area contributed by atoms with E-state index in [4.69, 9.17) is 4.74 Å². The minimum absolute atomic E-state index is 0.00115. The molecule has 1 saturated heterocycles. The first-order valence-electron chi connectivity index (χ1n) is 9.13. The summed E-state index contributed by atoms with van der Waals surface area (Å²) in [5.41, 5.74) is 0. The highest BCUT2D eigenvalue weighted by atomic mass is 16.5. The molecule has 2 saturated carbocycles. The van der Waals surface area contributed by atoms with Gasteiger partial charge in [-0.15, -0.1) is 0 Å². The Bertz CT molecular complexity index is 459. The first-order valence-corrected chi connectivity index (χ1v) is 9.13. The zero-order chi connectivity index (χ0) is 16.4. The standard InChI is InChI=1S/C18H27NO4/c1-12(23-18(22)13-7-3-2-4-8-13)11-19-16(20)14-9-5-6-10-15(14)17(19)21/h12-15H,2-11H2,1H3. The topological polar surface area (TPSA) is 63.7 Å². The summed E-state index contributed by atoms with van der Waals surface area (Å²) >= 11 is 0. The van der Waals surface area contributed by atoms with E-state index in [2.05, 4.69) is 0 Å². The smallest absolute Gasteiger partial charge is 0.309 e. The van der Waals surface area contributed by atoms with Crippen LogP contribution in [0.3, 0.4) is 0 Å². The number of hydrogen-bond donors (Lipinski definition) is 0. The summed E-state index contributed by atoms with van der Waals surface area (Å²) in [4.78, 5) is 38.4. The molecule has 3 aliphatic rings. The van der Waals surface area contributed by atoms with E-state index in [1.807, 2.05) is 0 Å². The van der Waals surface area contributed by atoms with E-state index in [0.29, 0.717) is 0 Å². The number of esters is 1. The van der Waals surface area contributed by atoms with Crippen LogP contribution >= 0.6 is 0 Å². The molecule has 0 bridgehead atoms. The Labute approximate surface area is 137 Å². The van der Waals surface area contributed by atoms with Crippen LogP contribution in [0.25, 0.3) is 0 Å². The number of nitrogens with zero attached hydrogens (tertiary/aromatic N) is 1. The van der Waals surface area contributed by atoms with Gasteiger partial charge in [0, 0.05) is 0 Å². The third kappa shape index (κ3) is 3.43. The molecule has 3 unspecified atom stereocenters. The van der Waals surface area contributed by atoms with Gasteiger partial charge in [0.25, 0.3) is 0 Å². The minimum Gasteiger partial charge on any atom is -0.461 e. The highest BCUT2D eigenvalue weighted by Crippen LogP contribution is 2.38. The predicted molar refractivity (Wildman–Crippen MR) is 84.3 cm³/mol. The maximum atomic E-state index is 12.4. The summed E-state index contributed by atoms with van der Waals surface area (Å²) < 4.78 is 5.52. The number of imide groups is 1. The van der Waals surface area contributed by atoms with Crippen molar-refractivity contribution in [2.75, 3.05) is 6.54 Å². The minimum atomic E-state index is -0.419. The lowest BCUT2D eigenvalue weighted by Gasteiger charge is -2.24. The number of carbonyl (C=O) groups is 3. The monoisotopic (exact) mass is 321 g/mol. The van der Waals surface area contributed by atoms with Crippen LogP contribution in [-0.2, 0) is 19.1 Å². The Hall–Kier alpha value is -1.39. The quantitative estimate of drug-likeness (QED) is 0.590. The number of likely N-dealkylation sites (tertiary alicyclic amines) is 1. The molecule has 0 spiro atoms. The van der Waals surface area contributed by atoms with Crippen LogP contribution in [0.2, 0.25) is 0 Å². The second kappa shape index (κ2) is 7.02. The van der Waals surface area contributed by atoms with Gasteiger partial charge in [0.05, 0.1) is 24.3 Å². The Balaban J connectivity index is 1.54. The number of carbonyl (C=O) groups excluding carboxylic acids is 3. The van der Waals surface area contributed by atoms with Gasteiger partial charge in [0.1, 0.15) is 6.10 Å². The van der Waals surface area contributed by atoms with Crippen molar-refractivity contribution in [2.24, 2.45) is 17.8 Å². The Morgan fingerprint density at radius 1 is 1.00 bits per heavy atom. The molecule has 0 aromatic heterocycles. The average Bonchev–Trinajstić information content (AvgIpc) is 2.81. The van der Waals surface area contributed by atoms with Gasteiger partial charge in [0.2, 0.25) is 11.8 Å². The van der Waals surface area contributed by atoms with E-state index >= 15 is 0 Å². The van der Waals surface area contributed by atoms with Crippen LogP contribution in [-0.4, -0.2) is 35.3 Å². The number of hydrogen-bond acceptors (Lipinski definition) is 4. The first-order chi connectivity index (χ1) is 11.1. The molecule has 3 atom stereocenters. The fraction of sp³-hybridized carbons (Fsp3) is 0.833. The Morgan fingerprint density at radius 2 is 1.52 bits per heavy atom. The predicted octanol–water partition coefficient (Wildman–Crippen LogP) is 2.67. The van der Waals surface area contributed by atoms with E-state index in [9.17, 15) is 14.4 Å². The van der Waals surface area contributed by atoms with Crippen molar-refractivity contribution < 1.29 is 19.1 Å². The maximum absolute atomic E-state index is 12.4. The largest absolute Gasteiger partial charge is 0.461 e. The number of amides is 2. The van der Waals surface area contributed by atoms with E-state index in [1.165, 1.54) is 11.3 Å². The van der Waals surface area contributed by atoms with Gasteiger partial charge >= 0.3 is 5.97 Å². The molecule has 3 rings (SSSR count). The second-order valence-corrected chi connectivity index (χ2v) is 7.37. The molecule has 1 heterocycles. The third-order valence-electron chi connectivity index (χ3n) is 5.63. The van der Waals surface area contributed by atoms with Crippen LogP contribution in [0.4, 0.5) is 0 Å². The lowest BCUT2D eigenvalue weighted by Crippen LogP contribution is -2.39. The summed E-state index contributed by atoms with van der Waals surface area (Å²) in [6.07, 6.45) is 8.44. The van der Waals surface area contributed by atoms with Crippen molar-refractivity contribution in [3.05, 3.63) is 0 Å². The van der Waals surface area contributed by atoms with Crippen molar-refractivity contribution in [1.29, 1.82) is 0 Å². The van der Waals surface area contributed by atoms with Crippen LogP contribution in [0.5, 0.6) is 0 Å². The molecule has 0 aromatic rings. The summed E-state index contributed by atoms with van der Waals surface area (Å²) in [5.74, 6) is -0.525. The van der Waals surface area contributed by atoms with Gasteiger partial charge in [-0.25, -0.2) is 0 Å². The first kappa shape index (κ1) is 16.5. The summed E-state index contributed by atoms with van der Waals surface area (Å²) in [5, 5.41) is 0. The van der Waals surface area contributed by atoms with Gasteiger partial charge < -0.3 is 4.74 Å². The Kier molecular flexibility index (Phi) is 5.02. The molecular weight excluding hydrogens is 294 g/mol. The molecule has 2 aliphatic carbocycles. The fourth-order valence-corrected chi connectivity index (χ4v) is 4.34. The van der Waals surface area contributed by atoms with Crippen molar-refractivity contribution >= 4 is 17.8 Å². The number of fused-ring (bicyclic) bond motifs is 1. The van der Waals surface area contributed by atoms with Crippen LogP contribution in [0, 0.1) is 17.8 Å². The highest BCUT2D eigenvalue weighted by molar-refractivity contribution is 6.05. The van der Waals surface area contributed by atoms with Gasteiger partial charge in [0.15, 0.2) is 0 Å². The molecule has 2 amide bonds. The zero-order valence-corrected chi connectivity index (χ0v) is 14.0. The van der Waals surface area contributed by atoms with Gasteiger partial charge in [-0.05, 0) is 32.6 Å². The Morgan fingerprint density at radius 3 is 2.09 bits per heavy atom.